The third kappa shape index (κ3) is 4.42. The first-order valence-corrected chi connectivity index (χ1v) is 7.34. The van der Waals surface area contributed by atoms with Crippen molar-refractivity contribution in [2.45, 2.75) is 25.9 Å². The second-order valence-corrected chi connectivity index (χ2v) is 6.23. The summed E-state index contributed by atoms with van der Waals surface area (Å²) in [6.45, 7) is 9.38. The number of hydrogen-bond acceptors (Lipinski definition) is 3. The molecule has 1 aromatic carbocycles. The lowest BCUT2D eigenvalue weighted by molar-refractivity contribution is -0.00967. The van der Waals surface area contributed by atoms with Crippen molar-refractivity contribution in [3.05, 3.63) is 34.6 Å². The first-order valence-electron chi connectivity index (χ1n) is 6.96. The third-order valence-electron chi connectivity index (χ3n) is 3.68. The summed E-state index contributed by atoms with van der Waals surface area (Å²) < 4.78 is 18.6. The summed E-state index contributed by atoms with van der Waals surface area (Å²) in [5.41, 5.74) is 0.925. The molecule has 1 fully saturated rings. The molecule has 0 spiro atoms. The van der Waals surface area contributed by atoms with E-state index in [0.29, 0.717) is 11.6 Å². The Morgan fingerprint density at radius 2 is 2.00 bits per heavy atom. The molecule has 0 aliphatic carbocycles. The molecule has 3 nitrogen and oxygen atoms in total. The third-order valence-corrected chi connectivity index (χ3v) is 3.89. The van der Waals surface area contributed by atoms with Crippen molar-refractivity contribution in [2.24, 2.45) is 0 Å². The highest BCUT2D eigenvalue weighted by Crippen LogP contribution is 2.17. The maximum absolute atomic E-state index is 13.2. The Bertz CT molecular complexity index is 427. The molecule has 20 heavy (non-hydrogen) atoms. The van der Waals surface area contributed by atoms with Crippen molar-refractivity contribution in [1.29, 1.82) is 0 Å². The highest BCUT2D eigenvalue weighted by atomic mass is 35.5. The smallest absolute Gasteiger partial charge is 0.125 e. The van der Waals surface area contributed by atoms with E-state index in [1.54, 1.807) is 6.07 Å². The Morgan fingerprint density at radius 1 is 1.30 bits per heavy atom. The molecule has 1 heterocycles. The zero-order valence-electron chi connectivity index (χ0n) is 12.1. The lowest BCUT2D eigenvalue weighted by Crippen LogP contribution is -2.54. The van der Waals surface area contributed by atoms with E-state index >= 15 is 0 Å². The zero-order valence-corrected chi connectivity index (χ0v) is 12.8. The molecule has 0 unspecified atom stereocenters. The summed E-state index contributed by atoms with van der Waals surface area (Å²) in [5.74, 6) is -0.290. The highest BCUT2D eigenvalue weighted by Gasteiger charge is 2.27. The van der Waals surface area contributed by atoms with Gasteiger partial charge >= 0.3 is 0 Å². The van der Waals surface area contributed by atoms with E-state index in [2.05, 4.69) is 24.1 Å². The maximum Gasteiger partial charge on any atom is 0.125 e. The predicted molar refractivity (Wildman–Crippen MR) is 79.6 cm³/mol. The largest absolute Gasteiger partial charge is 0.379 e. The van der Waals surface area contributed by atoms with Crippen molar-refractivity contribution in [2.75, 3.05) is 32.8 Å². The van der Waals surface area contributed by atoms with E-state index in [-0.39, 0.29) is 11.4 Å². The molecule has 1 aliphatic rings. The van der Waals surface area contributed by atoms with Crippen LogP contribution in [0.3, 0.4) is 0 Å². The number of morpholine rings is 1. The van der Waals surface area contributed by atoms with Crippen molar-refractivity contribution >= 4 is 11.6 Å². The van der Waals surface area contributed by atoms with E-state index < -0.39 is 0 Å². The van der Waals surface area contributed by atoms with Gasteiger partial charge in [-0.25, -0.2) is 4.39 Å². The molecule has 0 amide bonds. The number of nitrogens with zero attached hydrogens (tertiary/aromatic N) is 1. The molecule has 0 radical (unpaired) electrons. The molecule has 0 atom stereocenters. The number of rotatable bonds is 5. The van der Waals surface area contributed by atoms with Crippen LogP contribution in [0.4, 0.5) is 4.39 Å². The molecule has 0 aromatic heterocycles. The number of benzene rings is 1. The monoisotopic (exact) mass is 300 g/mol. The fourth-order valence-electron chi connectivity index (χ4n) is 2.51. The number of ether oxygens (including phenoxy) is 1. The van der Waals surface area contributed by atoms with Gasteiger partial charge in [0.2, 0.25) is 0 Å². The molecule has 0 saturated carbocycles. The summed E-state index contributed by atoms with van der Waals surface area (Å²) >= 11 is 5.85. The molecule has 1 aromatic rings. The Hall–Kier alpha value is -0.680. The Morgan fingerprint density at radius 3 is 2.65 bits per heavy atom. The van der Waals surface area contributed by atoms with E-state index in [4.69, 9.17) is 16.3 Å². The normalized spacial score (nSPS) is 17.4. The Labute approximate surface area is 125 Å². The van der Waals surface area contributed by atoms with Crippen LogP contribution in [-0.2, 0) is 11.3 Å². The van der Waals surface area contributed by atoms with Gasteiger partial charge in [-0.1, -0.05) is 11.6 Å². The average molecular weight is 301 g/mol. The fraction of sp³-hybridized carbons (Fsp3) is 0.600. The Kier molecular flexibility index (Phi) is 5.38. The van der Waals surface area contributed by atoms with Crippen LogP contribution in [-0.4, -0.2) is 43.3 Å². The van der Waals surface area contributed by atoms with Gasteiger partial charge in [0.15, 0.2) is 0 Å². The van der Waals surface area contributed by atoms with Gasteiger partial charge in [0.05, 0.1) is 13.2 Å². The van der Waals surface area contributed by atoms with Gasteiger partial charge in [-0.2, -0.15) is 0 Å². The Balaban J connectivity index is 1.84. The highest BCUT2D eigenvalue weighted by molar-refractivity contribution is 6.30. The van der Waals surface area contributed by atoms with Crippen LogP contribution in [0.25, 0.3) is 0 Å². The molecule has 1 N–H and O–H groups in total. The van der Waals surface area contributed by atoms with Crippen molar-refractivity contribution in [1.82, 2.24) is 10.2 Å². The van der Waals surface area contributed by atoms with Gasteiger partial charge < -0.3 is 10.1 Å². The van der Waals surface area contributed by atoms with E-state index in [1.165, 1.54) is 12.1 Å². The van der Waals surface area contributed by atoms with Gasteiger partial charge in [-0.15, -0.1) is 0 Å². The fourth-order valence-corrected chi connectivity index (χ4v) is 2.75. The summed E-state index contributed by atoms with van der Waals surface area (Å²) in [7, 11) is 0. The van der Waals surface area contributed by atoms with Crippen molar-refractivity contribution in [3.63, 3.8) is 0 Å². The number of nitrogens with one attached hydrogen (secondary N) is 1. The van der Waals surface area contributed by atoms with E-state index in [0.717, 1.165) is 38.4 Å². The van der Waals surface area contributed by atoms with Crippen LogP contribution in [0.5, 0.6) is 0 Å². The lowest BCUT2D eigenvalue weighted by atomic mass is 10.0. The molecular weight excluding hydrogens is 279 g/mol. The second kappa shape index (κ2) is 6.85. The average Bonchev–Trinajstić information content (AvgIpc) is 2.38. The summed E-state index contributed by atoms with van der Waals surface area (Å²) in [5, 5.41) is 3.83. The number of hydrogen-bond donors (Lipinski definition) is 1. The molecular formula is C15H22ClFN2O. The van der Waals surface area contributed by atoms with Gasteiger partial charge in [-0.3, -0.25) is 4.90 Å². The number of halogens is 2. The molecule has 1 aliphatic heterocycles. The molecule has 2 rings (SSSR count). The van der Waals surface area contributed by atoms with Crippen LogP contribution in [0.2, 0.25) is 5.02 Å². The second-order valence-electron chi connectivity index (χ2n) is 5.79. The molecule has 5 heteroatoms. The summed E-state index contributed by atoms with van der Waals surface area (Å²) in [4.78, 5) is 2.42. The van der Waals surface area contributed by atoms with Crippen LogP contribution in [0.15, 0.2) is 18.2 Å². The van der Waals surface area contributed by atoms with Gasteiger partial charge in [0.25, 0.3) is 0 Å². The van der Waals surface area contributed by atoms with Gasteiger partial charge in [0.1, 0.15) is 5.82 Å². The van der Waals surface area contributed by atoms with Crippen LogP contribution in [0, 0.1) is 5.82 Å². The first-order chi connectivity index (χ1) is 9.47. The quantitative estimate of drug-likeness (QED) is 0.905. The molecule has 112 valence electrons. The lowest BCUT2D eigenvalue weighted by Gasteiger charge is -2.41. The zero-order chi connectivity index (χ0) is 14.6. The maximum atomic E-state index is 13.2. The van der Waals surface area contributed by atoms with Crippen LogP contribution in [0.1, 0.15) is 19.4 Å². The first kappa shape index (κ1) is 15.7. The van der Waals surface area contributed by atoms with Gasteiger partial charge in [-0.05, 0) is 37.6 Å². The standard InChI is InChI=1S/C15H22ClFN2O/c1-15(2,19-3-5-20-6-4-19)11-18-10-12-7-13(16)9-14(17)8-12/h7-9,18H,3-6,10-11H2,1-2H3. The topological polar surface area (TPSA) is 24.5 Å². The van der Waals surface area contributed by atoms with Crippen molar-refractivity contribution in [3.8, 4) is 0 Å². The minimum absolute atomic E-state index is 0.0564. The van der Waals surface area contributed by atoms with Gasteiger partial charge in [0, 0.05) is 36.7 Å². The summed E-state index contributed by atoms with van der Waals surface area (Å²) in [6, 6.07) is 4.63. The SMILES string of the molecule is CC(C)(CNCc1cc(F)cc(Cl)c1)N1CCOCC1. The summed E-state index contributed by atoms with van der Waals surface area (Å²) in [6.07, 6.45) is 0. The van der Waals surface area contributed by atoms with Crippen LogP contribution < -0.4 is 5.32 Å². The minimum atomic E-state index is -0.290. The van der Waals surface area contributed by atoms with Crippen LogP contribution >= 0.6 is 11.6 Å². The van der Waals surface area contributed by atoms with E-state index in [9.17, 15) is 4.39 Å². The molecule has 1 saturated heterocycles. The molecule has 0 bridgehead atoms. The van der Waals surface area contributed by atoms with Crippen molar-refractivity contribution < 1.29 is 9.13 Å². The minimum Gasteiger partial charge on any atom is -0.379 e. The predicted octanol–water partition coefficient (Wildman–Crippen LogP) is 2.68. The van der Waals surface area contributed by atoms with E-state index in [1.807, 2.05) is 0 Å².